The molecular formula is C11H11BrClN3S. The summed E-state index contributed by atoms with van der Waals surface area (Å²) in [7, 11) is 0. The van der Waals surface area contributed by atoms with Crippen LogP contribution in [0.1, 0.15) is 25.7 Å². The molecule has 0 radical (unpaired) electrons. The van der Waals surface area contributed by atoms with Crippen molar-refractivity contribution in [2.45, 2.75) is 31.7 Å². The van der Waals surface area contributed by atoms with Crippen molar-refractivity contribution in [3.63, 3.8) is 0 Å². The van der Waals surface area contributed by atoms with Crippen LogP contribution in [0.2, 0.25) is 5.28 Å². The van der Waals surface area contributed by atoms with Crippen LogP contribution in [0.25, 0.3) is 10.2 Å². The number of hydrogen-bond acceptors (Lipinski definition) is 4. The van der Waals surface area contributed by atoms with Gasteiger partial charge in [-0.25, -0.2) is 4.98 Å². The second kappa shape index (κ2) is 4.71. The molecule has 0 saturated heterocycles. The monoisotopic (exact) mass is 331 g/mol. The van der Waals surface area contributed by atoms with Gasteiger partial charge in [0.05, 0.1) is 9.17 Å². The smallest absolute Gasteiger partial charge is 0.225 e. The molecular weight excluding hydrogens is 322 g/mol. The van der Waals surface area contributed by atoms with Crippen molar-refractivity contribution in [2.75, 3.05) is 5.32 Å². The molecule has 2 heterocycles. The Labute approximate surface area is 117 Å². The van der Waals surface area contributed by atoms with E-state index < -0.39 is 0 Å². The number of nitrogens with one attached hydrogen (secondary N) is 1. The quantitative estimate of drug-likeness (QED) is 0.825. The Hall–Kier alpha value is -0.390. The first-order chi connectivity index (χ1) is 8.24. The summed E-state index contributed by atoms with van der Waals surface area (Å²) in [6.45, 7) is 0. The van der Waals surface area contributed by atoms with Crippen molar-refractivity contribution in [2.24, 2.45) is 0 Å². The lowest BCUT2D eigenvalue weighted by atomic mass is 10.2. The van der Waals surface area contributed by atoms with Crippen molar-refractivity contribution >= 4 is 54.9 Å². The van der Waals surface area contributed by atoms with Gasteiger partial charge in [-0.2, -0.15) is 4.98 Å². The minimum Gasteiger partial charge on any atom is -0.366 e. The first kappa shape index (κ1) is 11.7. The summed E-state index contributed by atoms with van der Waals surface area (Å²) in [6, 6.07) is 0.532. The Morgan fingerprint density at radius 1 is 1.35 bits per heavy atom. The molecule has 0 bridgehead atoms. The van der Waals surface area contributed by atoms with Gasteiger partial charge in [-0.15, -0.1) is 11.3 Å². The van der Waals surface area contributed by atoms with Gasteiger partial charge < -0.3 is 5.32 Å². The van der Waals surface area contributed by atoms with Gasteiger partial charge in [-0.3, -0.25) is 0 Å². The van der Waals surface area contributed by atoms with Crippen molar-refractivity contribution in [1.29, 1.82) is 0 Å². The van der Waals surface area contributed by atoms with Gasteiger partial charge in [0.15, 0.2) is 0 Å². The molecule has 0 unspecified atom stereocenters. The largest absolute Gasteiger partial charge is 0.366 e. The third kappa shape index (κ3) is 2.28. The minimum absolute atomic E-state index is 0.303. The summed E-state index contributed by atoms with van der Waals surface area (Å²) in [5.41, 5.74) is 0.899. The van der Waals surface area contributed by atoms with Crippen LogP contribution in [0, 0.1) is 0 Å². The van der Waals surface area contributed by atoms with Gasteiger partial charge in [-0.05, 0) is 40.4 Å². The number of aromatic nitrogens is 2. The summed E-state index contributed by atoms with van der Waals surface area (Å²) < 4.78 is 2.06. The van der Waals surface area contributed by atoms with Gasteiger partial charge >= 0.3 is 0 Å². The second-order valence-electron chi connectivity index (χ2n) is 4.23. The molecule has 0 aliphatic heterocycles. The number of anilines is 1. The topological polar surface area (TPSA) is 37.8 Å². The van der Waals surface area contributed by atoms with E-state index in [1.807, 2.05) is 5.38 Å². The first-order valence-corrected chi connectivity index (χ1v) is 7.66. The molecule has 3 rings (SSSR count). The van der Waals surface area contributed by atoms with Gasteiger partial charge in [-0.1, -0.05) is 12.8 Å². The maximum atomic E-state index is 5.96. The van der Waals surface area contributed by atoms with Gasteiger partial charge in [0.1, 0.15) is 11.3 Å². The number of thiophene rings is 1. The van der Waals surface area contributed by atoms with Gasteiger partial charge in [0.25, 0.3) is 0 Å². The molecule has 6 heteroatoms. The highest BCUT2D eigenvalue weighted by atomic mass is 79.9. The Kier molecular flexibility index (Phi) is 3.23. The van der Waals surface area contributed by atoms with E-state index in [-0.39, 0.29) is 0 Å². The first-order valence-electron chi connectivity index (χ1n) is 5.61. The lowest BCUT2D eigenvalue weighted by Crippen LogP contribution is -2.15. The van der Waals surface area contributed by atoms with Crippen LogP contribution in [0.4, 0.5) is 5.82 Å². The van der Waals surface area contributed by atoms with E-state index in [1.54, 1.807) is 11.3 Å². The molecule has 0 atom stereocenters. The van der Waals surface area contributed by atoms with Crippen molar-refractivity contribution in [1.82, 2.24) is 9.97 Å². The van der Waals surface area contributed by atoms with E-state index in [9.17, 15) is 0 Å². The molecule has 1 fully saturated rings. The van der Waals surface area contributed by atoms with Crippen LogP contribution >= 0.6 is 38.9 Å². The van der Waals surface area contributed by atoms with E-state index in [0.29, 0.717) is 11.3 Å². The molecule has 0 amide bonds. The lowest BCUT2D eigenvalue weighted by Gasteiger charge is -2.13. The summed E-state index contributed by atoms with van der Waals surface area (Å²) in [6.07, 6.45) is 5.03. The molecule has 2 aromatic heterocycles. The molecule has 17 heavy (non-hydrogen) atoms. The fourth-order valence-electron chi connectivity index (χ4n) is 2.22. The fraction of sp³-hybridized carbons (Fsp3) is 0.455. The average Bonchev–Trinajstić information content (AvgIpc) is 2.90. The summed E-state index contributed by atoms with van der Waals surface area (Å²) in [5, 5.41) is 5.82. The maximum Gasteiger partial charge on any atom is 0.225 e. The zero-order chi connectivity index (χ0) is 11.8. The van der Waals surface area contributed by atoms with E-state index in [2.05, 4.69) is 31.2 Å². The minimum atomic E-state index is 0.303. The predicted octanol–water partition coefficient (Wildman–Crippen LogP) is 4.46. The molecule has 1 aliphatic rings. The van der Waals surface area contributed by atoms with Gasteiger partial charge in [0, 0.05) is 11.4 Å². The van der Waals surface area contributed by atoms with Crippen LogP contribution in [-0.2, 0) is 0 Å². The molecule has 0 spiro atoms. The number of hydrogen-bond donors (Lipinski definition) is 1. The summed E-state index contributed by atoms with van der Waals surface area (Å²) in [4.78, 5) is 8.56. The average molecular weight is 333 g/mol. The highest BCUT2D eigenvalue weighted by Crippen LogP contribution is 2.35. The van der Waals surface area contributed by atoms with Crippen molar-refractivity contribution < 1.29 is 0 Å². The van der Waals surface area contributed by atoms with Crippen LogP contribution in [-0.4, -0.2) is 16.0 Å². The number of nitrogens with zero attached hydrogens (tertiary/aromatic N) is 2. The van der Waals surface area contributed by atoms with E-state index in [4.69, 9.17) is 11.6 Å². The van der Waals surface area contributed by atoms with Gasteiger partial charge in [0.2, 0.25) is 5.28 Å². The summed E-state index contributed by atoms with van der Waals surface area (Å²) in [5.74, 6) is 0.877. The van der Waals surface area contributed by atoms with Crippen LogP contribution < -0.4 is 5.32 Å². The molecule has 0 aromatic carbocycles. The molecule has 3 nitrogen and oxygen atoms in total. The van der Waals surface area contributed by atoms with Crippen molar-refractivity contribution in [3.05, 3.63) is 15.1 Å². The van der Waals surface area contributed by atoms with E-state index >= 15 is 0 Å². The standard InChI is InChI=1S/C11H11BrClN3S/c12-7-5-17-9-8(7)15-11(13)16-10(9)14-6-3-1-2-4-6/h5-6H,1-4H2,(H,14,15,16). The van der Waals surface area contributed by atoms with Crippen LogP contribution in [0.15, 0.2) is 9.85 Å². The Balaban J connectivity index is 2.02. The Morgan fingerprint density at radius 2 is 2.12 bits per heavy atom. The second-order valence-corrected chi connectivity index (χ2v) is 6.30. The number of halogens is 2. The highest BCUT2D eigenvalue weighted by Gasteiger charge is 2.18. The Bertz CT molecular complexity index is 551. The Morgan fingerprint density at radius 3 is 2.88 bits per heavy atom. The van der Waals surface area contributed by atoms with Crippen molar-refractivity contribution in [3.8, 4) is 0 Å². The number of rotatable bonds is 2. The molecule has 1 N–H and O–H groups in total. The fourth-order valence-corrected chi connectivity index (χ4v) is 3.91. The molecule has 1 saturated carbocycles. The van der Waals surface area contributed by atoms with Crippen LogP contribution in [0.5, 0.6) is 0 Å². The number of fused-ring (bicyclic) bond motifs is 1. The maximum absolute atomic E-state index is 5.96. The zero-order valence-corrected chi connectivity index (χ0v) is 12.2. The van der Waals surface area contributed by atoms with E-state index in [0.717, 1.165) is 20.5 Å². The van der Waals surface area contributed by atoms with E-state index in [1.165, 1.54) is 25.7 Å². The predicted molar refractivity (Wildman–Crippen MR) is 76.0 cm³/mol. The third-order valence-electron chi connectivity index (χ3n) is 3.04. The highest BCUT2D eigenvalue weighted by molar-refractivity contribution is 9.10. The lowest BCUT2D eigenvalue weighted by molar-refractivity contribution is 0.752. The SMILES string of the molecule is Clc1nc(NC2CCCC2)c2scc(Br)c2n1. The van der Waals surface area contributed by atoms with Crippen LogP contribution in [0.3, 0.4) is 0 Å². The third-order valence-corrected chi connectivity index (χ3v) is 5.09. The molecule has 90 valence electrons. The zero-order valence-electron chi connectivity index (χ0n) is 9.04. The normalized spacial score (nSPS) is 16.8. The molecule has 1 aliphatic carbocycles. The molecule has 2 aromatic rings. The summed E-state index contributed by atoms with van der Waals surface area (Å²) >= 11 is 11.1.